The number of pyridine rings is 1. The maximum atomic E-state index is 11.1. The molecule has 0 aliphatic rings. The lowest BCUT2D eigenvalue weighted by molar-refractivity contribution is -0.139. The van der Waals surface area contributed by atoms with Crippen molar-refractivity contribution in [1.82, 2.24) is 4.98 Å². The molecule has 0 amide bonds. The van der Waals surface area contributed by atoms with Crippen molar-refractivity contribution in [1.29, 1.82) is 5.26 Å². The van der Waals surface area contributed by atoms with Gasteiger partial charge >= 0.3 is 5.97 Å². The van der Waals surface area contributed by atoms with Crippen LogP contribution in [0, 0.1) is 11.3 Å². The van der Waals surface area contributed by atoms with Gasteiger partial charge in [0.1, 0.15) is 0 Å². The normalized spacial score (nSPS) is 9.13. The van der Waals surface area contributed by atoms with Crippen LogP contribution in [0.15, 0.2) is 12.3 Å². The van der Waals surface area contributed by atoms with Crippen LogP contribution in [0.3, 0.4) is 0 Å². The van der Waals surface area contributed by atoms with Crippen molar-refractivity contribution in [2.24, 2.45) is 0 Å². The summed E-state index contributed by atoms with van der Waals surface area (Å²) >= 11 is 0. The molecule has 0 radical (unpaired) electrons. The molecular weight excluding hydrogens is 196 g/mol. The second kappa shape index (κ2) is 4.96. The first-order valence-electron chi connectivity index (χ1n) is 4.21. The Labute approximate surface area is 87.3 Å². The SMILES string of the molecule is COC(=O)Cc1c(C#N)ccnc1OC. The lowest BCUT2D eigenvalue weighted by Gasteiger charge is -2.07. The predicted octanol–water partition coefficient (Wildman–Crippen LogP) is 0.677. The highest BCUT2D eigenvalue weighted by Crippen LogP contribution is 2.19. The molecule has 5 heteroatoms. The van der Waals surface area contributed by atoms with E-state index >= 15 is 0 Å². The smallest absolute Gasteiger partial charge is 0.310 e. The maximum absolute atomic E-state index is 11.1. The molecule has 0 saturated carbocycles. The van der Waals surface area contributed by atoms with Gasteiger partial charge in [-0.3, -0.25) is 4.79 Å². The van der Waals surface area contributed by atoms with Crippen molar-refractivity contribution in [3.8, 4) is 11.9 Å². The van der Waals surface area contributed by atoms with Gasteiger partial charge in [-0.2, -0.15) is 5.26 Å². The van der Waals surface area contributed by atoms with E-state index in [4.69, 9.17) is 10.00 Å². The Kier molecular flexibility index (Phi) is 3.63. The molecule has 5 nitrogen and oxygen atoms in total. The second-order valence-corrected chi connectivity index (χ2v) is 2.71. The van der Waals surface area contributed by atoms with Gasteiger partial charge in [0.2, 0.25) is 5.88 Å². The topological polar surface area (TPSA) is 72.2 Å². The van der Waals surface area contributed by atoms with E-state index in [1.165, 1.54) is 26.5 Å². The zero-order chi connectivity index (χ0) is 11.3. The molecule has 0 atom stereocenters. The van der Waals surface area contributed by atoms with E-state index in [2.05, 4.69) is 9.72 Å². The highest BCUT2D eigenvalue weighted by Gasteiger charge is 2.14. The van der Waals surface area contributed by atoms with Gasteiger partial charge in [-0.1, -0.05) is 0 Å². The Morgan fingerprint density at radius 2 is 2.33 bits per heavy atom. The molecule has 0 aliphatic carbocycles. The van der Waals surface area contributed by atoms with E-state index in [9.17, 15) is 4.79 Å². The summed E-state index contributed by atoms with van der Waals surface area (Å²) in [4.78, 5) is 15.0. The average Bonchev–Trinajstić information content (AvgIpc) is 2.29. The van der Waals surface area contributed by atoms with Gasteiger partial charge in [-0.25, -0.2) is 4.98 Å². The highest BCUT2D eigenvalue weighted by molar-refractivity contribution is 5.74. The van der Waals surface area contributed by atoms with Crippen LogP contribution in [0.2, 0.25) is 0 Å². The fourth-order valence-corrected chi connectivity index (χ4v) is 1.14. The molecule has 1 rings (SSSR count). The Balaban J connectivity index is 3.12. The molecule has 0 spiro atoms. The van der Waals surface area contributed by atoms with Crippen molar-refractivity contribution in [3.05, 3.63) is 23.4 Å². The minimum atomic E-state index is -0.433. The van der Waals surface area contributed by atoms with Crippen LogP contribution in [0.1, 0.15) is 11.1 Å². The Bertz CT molecular complexity index is 410. The van der Waals surface area contributed by atoms with Crippen LogP contribution < -0.4 is 4.74 Å². The van der Waals surface area contributed by atoms with Crippen molar-refractivity contribution in [2.75, 3.05) is 14.2 Å². The summed E-state index contributed by atoms with van der Waals surface area (Å²) < 4.78 is 9.48. The lowest BCUT2D eigenvalue weighted by atomic mass is 10.1. The molecule has 0 N–H and O–H groups in total. The third kappa shape index (κ3) is 2.44. The van der Waals surface area contributed by atoms with Crippen molar-refractivity contribution in [3.63, 3.8) is 0 Å². The molecule has 15 heavy (non-hydrogen) atoms. The molecule has 0 bridgehead atoms. The van der Waals surface area contributed by atoms with Crippen LogP contribution >= 0.6 is 0 Å². The second-order valence-electron chi connectivity index (χ2n) is 2.71. The standard InChI is InChI=1S/C10H10N2O3/c1-14-9(13)5-8-7(6-11)3-4-12-10(8)15-2/h3-4H,5H2,1-2H3. The number of nitrogens with zero attached hydrogens (tertiary/aromatic N) is 2. The summed E-state index contributed by atoms with van der Waals surface area (Å²) in [6.07, 6.45) is 1.44. The first kappa shape index (κ1) is 11.0. The minimum absolute atomic E-state index is 0.0175. The van der Waals surface area contributed by atoms with Gasteiger partial charge in [0.05, 0.1) is 32.3 Å². The molecule has 1 aromatic rings. The summed E-state index contributed by atoms with van der Waals surface area (Å²) in [6, 6.07) is 3.50. The number of hydrogen-bond acceptors (Lipinski definition) is 5. The lowest BCUT2D eigenvalue weighted by Crippen LogP contribution is -2.08. The third-order valence-electron chi connectivity index (χ3n) is 1.88. The van der Waals surface area contributed by atoms with Gasteiger partial charge < -0.3 is 9.47 Å². The number of carbonyl (C=O) groups is 1. The number of aromatic nitrogens is 1. The van der Waals surface area contributed by atoms with Crippen LogP contribution in [0.4, 0.5) is 0 Å². The van der Waals surface area contributed by atoms with E-state index in [1.54, 1.807) is 0 Å². The van der Waals surface area contributed by atoms with Crippen LogP contribution in [-0.4, -0.2) is 25.2 Å². The predicted molar refractivity (Wildman–Crippen MR) is 51.2 cm³/mol. The van der Waals surface area contributed by atoms with Gasteiger partial charge in [0, 0.05) is 11.8 Å². The average molecular weight is 206 g/mol. The number of esters is 1. The van der Waals surface area contributed by atoms with Gasteiger partial charge in [0.15, 0.2) is 0 Å². The van der Waals surface area contributed by atoms with E-state index < -0.39 is 5.97 Å². The van der Waals surface area contributed by atoms with Crippen LogP contribution in [0.25, 0.3) is 0 Å². The highest BCUT2D eigenvalue weighted by atomic mass is 16.5. The number of hydrogen-bond donors (Lipinski definition) is 0. The largest absolute Gasteiger partial charge is 0.481 e. The first-order valence-corrected chi connectivity index (χ1v) is 4.21. The molecule has 0 aliphatic heterocycles. The summed E-state index contributed by atoms with van der Waals surface area (Å²) in [6.45, 7) is 0. The summed E-state index contributed by atoms with van der Waals surface area (Å²) in [5, 5.41) is 8.84. The fourth-order valence-electron chi connectivity index (χ4n) is 1.14. The zero-order valence-electron chi connectivity index (χ0n) is 8.48. The van der Waals surface area contributed by atoms with Gasteiger partial charge in [-0.05, 0) is 6.07 Å². The molecular formula is C10H10N2O3. The third-order valence-corrected chi connectivity index (χ3v) is 1.88. The fraction of sp³-hybridized carbons (Fsp3) is 0.300. The quantitative estimate of drug-likeness (QED) is 0.680. The number of nitriles is 1. The van der Waals surface area contributed by atoms with Crippen molar-refractivity contribution < 1.29 is 14.3 Å². The van der Waals surface area contributed by atoms with Crippen LogP contribution in [0.5, 0.6) is 5.88 Å². The monoisotopic (exact) mass is 206 g/mol. The van der Waals surface area contributed by atoms with Crippen molar-refractivity contribution in [2.45, 2.75) is 6.42 Å². The number of rotatable bonds is 3. The molecule has 0 aromatic carbocycles. The number of methoxy groups -OCH3 is 2. The minimum Gasteiger partial charge on any atom is -0.481 e. The summed E-state index contributed by atoms with van der Waals surface area (Å²) in [5.74, 6) is -0.155. The summed E-state index contributed by atoms with van der Waals surface area (Å²) in [5.41, 5.74) is 0.821. The van der Waals surface area contributed by atoms with Crippen LogP contribution in [-0.2, 0) is 16.0 Å². The van der Waals surface area contributed by atoms with Gasteiger partial charge in [0.25, 0.3) is 0 Å². The zero-order valence-corrected chi connectivity index (χ0v) is 8.48. The number of carbonyl (C=O) groups excluding carboxylic acids is 1. The first-order chi connectivity index (χ1) is 7.22. The Morgan fingerprint density at radius 3 is 2.87 bits per heavy atom. The van der Waals surface area contributed by atoms with E-state index in [-0.39, 0.29) is 12.3 Å². The summed E-state index contributed by atoms with van der Waals surface area (Å²) in [7, 11) is 2.72. The number of ether oxygens (including phenoxy) is 2. The molecule has 0 fully saturated rings. The molecule has 1 heterocycles. The molecule has 1 aromatic heterocycles. The van der Waals surface area contributed by atoms with Gasteiger partial charge in [-0.15, -0.1) is 0 Å². The molecule has 0 saturated heterocycles. The molecule has 0 unspecified atom stereocenters. The Morgan fingerprint density at radius 1 is 1.60 bits per heavy atom. The Hall–Kier alpha value is -2.09. The van der Waals surface area contributed by atoms with E-state index in [0.29, 0.717) is 11.1 Å². The van der Waals surface area contributed by atoms with Crippen molar-refractivity contribution >= 4 is 5.97 Å². The maximum Gasteiger partial charge on any atom is 0.310 e. The molecule has 78 valence electrons. The van der Waals surface area contributed by atoms with E-state index in [0.717, 1.165) is 0 Å². The van der Waals surface area contributed by atoms with E-state index in [1.807, 2.05) is 6.07 Å².